The molecule has 0 amide bonds. The molecule has 0 saturated heterocycles. The zero-order chi connectivity index (χ0) is 16.7. The van der Waals surface area contributed by atoms with Gasteiger partial charge in [-0.3, -0.25) is 4.98 Å². The molecule has 0 radical (unpaired) electrons. The van der Waals surface area contributed by atoms with Crippen LogP contribution in [-0.4, -0.2) is 33.1 Å². The fraction of sp³-hybridized carbons (Fsp3) is 0.0556. The maximum absolute atomic E-state index is 11.0. The van der Waals surface area contributed by atoms with E-state index >= 15 is 0 Å². The predicted octanol–water partition coefficient (Wildman–Crippen LogP) is 3.48. The van der Waals surface area contributed by atoms with Gasteiger partial charge in [-0.2, -0.15) is 0 Å². The SMILES string of the molecule is COc1ccc2[nH]c(-c3cnc4cc(C(=O)O)ccc4n3)cc2c1. The molecular weight excluding hydrogens is 306 g/mol. The molecule has 0 aliphatic carbocycles. The summed E-state index contributed by atoms with van der Waals surface area (Å²) >= 11 is 0. The molecule has 0 aliphatic rings. The Morgan fingerprint density at radius 1 is 1.12 bits per heavy atom. The number of rotatable bonds is 3. The van der Waals surface area contributed by atoms with E-state index < -0.39 is 5.97 Å². The number of nitrogens with one attached hydrogen (secondary N) is 1. The second-order valence-electron chi connectivity index (χ2n) is 5.40. The second kappa shape index (κ2) is 5.34. The number of H-pyrrole nitrogens is 1. The first-order valence-corrected chi connectivity index (χ1v) is 7.31. The number of carboxylic acid groups (broad SMARTS) is 1. The standard InChI is InChI=1S/C18H13N3O3/c1-24-12-3-5-13-11(6-12)8-16(20-13)17-9-19-15-7-10(18(22)23)2-4-14(15)21-17/h2-9,20H,1H3,(H,22,23). The number of ether oxygens (including phenoxy) is 1. The van der Waals surface area contributed by atoms with Crippen LogP contribution in [0.25, 0.3) is 33.3 Å². The van der Waals surface area contributed by atoms with E-state index in [1.165, 1.54) is 12.1 Å². The number of methoxy groups -OCH3 is 1. The van der Waals surface area contributed by atoms with Gasteiger partial charge in [0.25, 0.3) is 0 Å². The monoisotopic (exact) mass is 319 g/mol. The van der Waals surface area contributed by atoms with Crippen molar-refractivity contribution in [3.8, 4) is 17.1 Å². The largest absolute Gasteiger partial charge is 0.497 e. The van der Waals surface area contributed by atoms with E-state index in [-0.39, 0.29) is 5.56 Å². The minimum absolute atomic E-state index is 0.197. The molecule has 0 spiro atoms. The molecule has 0 atom stereocenters. The highest BCUT2D eigenvalue weighted by atomic mass is 16.5. The number of aromatic amines is 1. The van der Waals surface area contributed by atoms with Crippen LogP contribution < -0.4 is 4.74 Å². The normalized spacial score (nSPS) is 11.0. The molecule has 2 N–H and O–H groups in total. The van der Waals surface area contributed by atoms with Crippen molar-refractivity contribution in [3.05, 3.63) is 54.2 Å². The van der Waals surface area contributed by atoms with Gasteiger partial charge in [0, 0.05) is 10.9 Å². The van der Waals surface area contributed by atoms with Gasteiger partial charge in [0.05, 0.1) is 35.6 Å². The molecular formula is C18H13N3O3. The van der Waals surface area contributed by atoms with Crippen LogP contribution >= 0.6 is 0 Å². The molecule has 0 fully saturated rings. The first-order chi connectivity index (χ1) is 11.6. The third kappa shape index (κ3) is 2.34. The van der Waals surface area contributed by atoms with Crippen LogP contribution in [0.15, 0.2) is 48.7 Å². The van der Waals surface area contributed by atoms with Crippen LogP contribution in [0.3, 0.4) is 0 Å². The fourth-order valence-electron chi connectivity index (χ4n) is 2.65. The zero-order valence-electron chi connectivity index (χ0n) is 12.8. The van der Waals surface area contributed by atoms with Gasteiger partial charge >= 0.3 is 5.97 Å². The van der Waals surface area contributed by atoms with Crippen LogP contribution in [0.5, 0.6) is 5.75 Å². The molecule has 24 heavy (non-hydrogen) atoms. The number of fused-ring (bicyclic) bond motifs is 2. The Morgan fingerprint density at radius 3 is 2.79 bits per heavy atom. The molecule has 0 unspecified atom stereocenters. The Morgan fingerprint density at radius 2 is 2.00 bits per heavy atom. The summed E-state index contributed by atoms with van der Waals surface area (Å²) in [6.07, 6.45) is 1.63. The maximum atomic E-state index is 11.0. The number of hydrogen-bond donors (Lipinski definition) is 2. The molecule has 6 heteroatoms. The third-order valence-corrected chi connectivity index (χ3v) is 3.89. The van der Waals surface area contributed by atoms with Gasteiger partial charge in [0.1, 0.15) is 11.4 Å². The van der Waals surface area contributed by atoms with Gasteiger partial charge in [-0.25, -0.2) is 9.78 Å². The van der Waals surface area contributed by atoms with E-state index in [9.17, 15) is 4.79 Å². The Hall–Kier alpha value is -3.41. The summed E-state index contributed by atoms with van der Waals surface area (Å²) in [6, 6.07) is 12.5. The third-order valence-electron chi connectivity index (χ3n) is 3.89. The van der Waals surface area contributed by atoms with Crippen LogP contribution in [-0.2, 0) is 0 Å². The minimum atomic E-state index is -0.979. The number of aromatic carboxylic acids is 1. The Bertz CT molecular complexity index is 1090. The van der Waals surface area contributed by atoms with E-state index in [2.05, 4.69) is 15.0 Å². The lowest BCUT2D eigenvalue weighted by Gasteiger charge is -2.01. The fourth-order valence-corrected chi connectivity index (χ4v) is 2.65. The smallest absolute Gasteiger partial charge is 0.335 e. The first kappa shape index (κ1) is 14.2. The molecule has 0 bridgehead atoms. The highest BCUT2D eigenvalue weighted by Gasteiger charge is 2.09. The lowest BCUT2D eigenvalue weighted by atomic mass is 10.2. The molecule has 2 aromatic carbocycles. The molecule has 4 aromatic rings. The van der Waals surface area contributed by atoms with Crippen molar-refractivity contribution < 1.29 is 14.6 Å². The minimum Gasteiger partial charge on any atom is -0.497 e. The molecule has 118 valence electrons. The Kier molecular flexibility index (Phi) is 3.16. The highest BCUT2D eigenvalue weighted by Crippen LogP contribution is 2.26. The second-order valence-corrected chi connectivity index (χ2v) is 5.40. The van der Waals surface area contributed by atoms with Crippen molar-refractivity contribution >= 4 is 27.9 Å². The average molecular weight is 319 g/mol. The first-order valence-electron chi connectivity index (χ1n) is 7.31. The van der Waals surface area contributed by atoms with Gasteiger partial charge in [-0.1, -0.05) is 0 Å². The van der Waals surface area contributed by atoms with Gasteiger partial charge < -0.3 is 14.8 Å². The van der Waals surface area contributed by atoms with Crippen molar-refractivity contribution in [2.45, 2.75) is 0 Å². The van der Waals surface area contributed by atoms with Crippen LogP contribution in [0.4, 0.5) is 0 Å². The zero-order valence-corrected chi connectivity index (χ0v) is 12.8. The molecule has 6 nitrogen and oxygen atoms in total. The number of carboxylic acids is 1. The van der Waals surface area contributed by atoms with Crippen molar-refractivity contribution in [1.29, 1.82) is 0 Å². The summed E-state index contributed by atoms with van der Waals surface area (Å²) in [5, 5.41) is 10.1. The topological polar surface area (TPSA) is 88.1 Å². The van der Waals surface area contributed by atoms with Gasteiger partial charge in [-0.05, 0) is 42.5 Å². The summed E-state index contributed by atoms with van der Waals surface area (Å²) in [7, 11) is 1.63. The van der Waals surface area contributed by atoms with Crippen molar-refractivity contribution in [3.63, 3.8) is 0 Å². The van der Waals surface area contributed by atoms with E-state index in [0.29, 0.717) is 16.7 Å². The molecule has 4 rings (SSSR count). The molecule has 2 aromatic heterocycles. The predicted molar refractivity (Wildman–Crippen MR) is 90.3 cm³/mol. The number of benzene rings is 2. The van der Waals surface area contributed by atoms with Crippen molar-refractivity contribution in [2.75, 3.05) is 7.11 Å². The number of nitrogens with zero attached hydrogens (tertiary/aromatic N) is 2. The summed E-state index contributed by atoms with van der Waals surface area (Å²) < 4.78 is 5.24. The lowest BCUT2D eigenvalue weighted by molar-refractivity contribution is 0.0697. The summed E-state index contributed by atoms with van der Waals surface area (Å²) in [5.41, 5.74) is 3.91. The number of hydrogen-bond acceptors (Lipinski definition) is 4. The number of carbonyl (C=O) groups is 1. The highest BCUT2D eigenvalue weighted by molar-refractivity contribution is 5.92. The molecule has 2 heterocycles. The Balaban J connectivity index is 1.81. The van der Waals surface area contributed by atoms with E-state index in [1.54, 1.807) is 19.4 Å². The lowest BCUT2D eigenvalue weighted by Crippen LogP contribution is -1.97. The quantitative estimate of drug-likeness (QED) is 0.603. The van der Waals surface area contributed by atoms with E-state index in [0.717, 1.165) is 22.3 Å². The average Bonchev–Trinajstić information content (AvgIpc) is 3.03. The molecule has 0 saturated carbocycles. The van der Waals surface area contributed by atoms with Crippen LogP contribution in [0, 0.1) is 0 Å². The van der Waals surface area contributed by atoms with Crippen LogP contribution in [0.1, 0.15) is 10.4 Å². The van der Waals surface area contributed by atoms with E-state index in [1.807, 2.05) is 24.3 Å². The van der Waals surface area contributed by atoms with Gasteiger partial charge in [0.15, 0.2) is 0 Å². The molecule has 0 aliphatic heterocycles. The van der Waals surface area contributed by atoms with E-state index in [4.69, 9.17) is 9.84 Å². The van der Waals surface area contributed by atoms with Crippen molar-refractivity contribution in [2.24, 2.45) is 0 Å². The van der Waals surface area contributed by atoms with Crippen LogP contribution in [0.2, 0.25) is 0 Å². The van der Waals surface area contributed by atoms with Crippen molar-refractivity contribution in [1.82, 2.24) is 15.0 Å². The Labute approximate surface area is 136 Å². The maximum Gasteiger partial charge on any atom is 0.335 e. The van der Waals surface area contributed by atoms with Gasteiger partial charge in [-0.15, -0.1) is 0 Å². The number of aromatic nitrogens is 3. The summed E-state index contributed by atoms with van der Waals surface area (Å²) in [5.74, 6) is -0.189. The summed E-state index contributed by atoms with van der Waals surface area (Å²) in [6.45, 7) is 0. The summed E-state index contributed by atoms with van der Waals surface area (Å²) in [4.78, 5) is 23.2. The van der Waals surface area contributed by atoms with Gasteiger partial charge in [0.2, 0.25) is 0 Å².